The van der Waals surface area contributed by atoms with Gasteiger partial charge in [-0.05, 0) is 55.8 Å². The highest BCUT2D eigenvalue weighted by Gasteiger charge is 2.31. The van der Waals surface area contributed by atoms with E-state index in [9.17, 15) is 18.0 Å². The van der Waals surface area contributed by atoms with Gasteiger partial charge < -0.3 is 15.0 Å². The Bertz CT molecular complexity index is 719. The second-order valence-electron chi connectivity index (χ2n) is 9.10. The van der Waals surface area contributed by atoms with E-state index < -0.39 is 11.7 Å². The number of hydrogen-bond acceptors (Lipinski definition) is 4. The van der Waals surface area contributed by atoms with E-state index >= 15 is 0 Å². The Hall–Kier alpha value is -1.51. The first-order valence-corrected chi connectivity index (χ1v) is 11.8. The molecule has 188 valence electrons. The van der Waals surface area contributed by atoms with Gasteiger partial charge >= 0.3 is 6.18 Å². The first-order chi connectivity index (χ1) is 15.3. The molecule has 1 amide bonds. The molecule has 1 heterocycles. The van der Waals surface area contributed by atoms with Crippen LogP contribution < -0.4 is 10.2 Å². The van der Waals surface area contributed by atoms with E-state index in [4.69, 9.17) is 4.74 Å². The van der Waals surface area contributed by atoms with Crippen LogP contribution >= 0.6 is 12.4 Å². The SMILES string of the molecule is COCCNC(=O)CC1CCC(CCN2CCN(c3cccc(C(F)(F)F)c3)CC2)CC1.Cl. The Morgan fingerprint density at radius 3 is 2.39 bits per heavy atom. The predicted octanol–water partition coefficient (Wildman–Crippen LogP) is 4.60. The zero-order valence-corrected chi connectivity index (χ0v) is 20.2. The molecule has 33 heavy (non-hydrogen) atoms. The summed E-state index contributed by atoms with van der Waals surface area (Å²) < 4.78 is 43.9. The van der Waals surface area contributed by atoms with Gasteiger partial charge in [0.15, 0.2) is 0 Å². The Morgan fingerprint density at radius 2 is 1.76 bits per heavy atom. The van der Waals surface area contributed by atoms with Gasteiger partial charge in [0.2, 0.25) is 5.91 Å². The van der Waals surface area contributed by atoms with Crippen LogP contribution in [-0.4, -0.2) is 63.8 Å². The van der Waals surface area contributed by atoms with Crippen LogP contribution in [0.5, 0.6) is 0 Å². The van der Waals surface area contributed by atoms with Crippen molar-refractivity contribution in [3.8, 4) is 0 Å². The number of rotatable bonds is 9. The lowest BCUT2D eigenvalue weighted by molar-refractivity contribution is -0.137. The third-order valence-corrected chi connectivity index (χ3v) is 6.83. The van der Waals surface area contributed by atoms with Gasteiger partial charge in [-0.1, -0.05) is 18.9 Å². The number of anilines is 1. The summed E-state index contributed by atoms with van der Waals surface area (Å²) in [6.07, 6.45) is 2.08. The number of amides is 1. The van der Waals surface area contributed by atoms with E-state index in [0.717, 1.165) is 58.1 Å². The van der Waals surface area contributed by atoms with Crippen molar-refractivity contribution in [3.63, 3.8) is 0 Å². The molecule has 1 N–H and O–H groups in total. The number of benzene rings is 1. The number of alkyl halides is 3. The molecule has 1 aliphatic heterocycles. The number of carbonyl (C=O) groups excluding carboxylic acids is 1. The summed E-state index contributed by atoms with van der Waals surface area (Å²) >= 11 is 0. The van der Waals surface area contributed by atoms with E-state index in [1.807, 2.05) is 0 Å². The molecule has 2 aliphatic rings. The summed E-state index contributed by atoms with van der Waals surface area (Å²) in [7, 11) is 1.63. The zero-order valence-electron chi connectivity index (χ0n) is 19.4. The summed E-state index contributed by atoms with van der Waals surface area (Å²) in [4.78, 5) is 16.4. The maximum absolute atomic E-state index is 13.0. The van der Waals surface area contributed by atoms with Crippen molar-refractivity contribution in [2.75, 3.05) is 57.9 Å². The van der Waals surface area contributed by atoms with E-state index in [1.54, 1.807) is 13.2 Å². The molecular formula is C24H37ClF3N3O2. The smallest absolute Gasteiger partial charge is 0.383 e. The maximum Gasteiger partial charge on any atom is 0.416 e. The Morgan fingerprint density at radius 1 is 1.09 bits per heavy atom. The summed E-state index contributed by atoms with van der Waals surface area (Å²) in [6, 6.07) is 5.64. The minimum atomic E-state index is -4.30. The largest absolute Gasteiger partial charge is 0.416 e. The van der Waals surface area contributed by atoms with E-state index in [0.29, 0.717) is 37.1 Å². The summed E-state index contributed by atoms with van der Waals surface area (Å²) in [6.45, 7) is 5.45. The van der Waals surface area contributed by atoms with Crippen LogP contribution in [0.25, 0.3) is 0 Å². The normalized spacial score (nSPS) is 22.0. The quantitative estimate of drug-likeness (QED) is 0.513. The van der Waals surface area contributed by atoms with Crippen molar-refractivity contribution in [1.29, 1.82) is 0 Å². The van der Waals surface area contributed by atoms with Crippen molar-refractivity contribution in [3.05, 3.63) is 29.8 Å². The molecular weight excluding hydrogens is 455 g/mol. The molecule has 0 bridgehead atoms. The van der Waals surface area contributed by atoms with Crippen LogP contribution in [0, 0.1) is 11.8 Å². The number of hydrogen-bond donors (Lipinski definition) is 1. The van der Waals surface area contributed by atoms with Gasteiger partial charge in [-0.3, -0.25) is 9.69 Å². The maximum atomic E-state index is 13.0. The topological polar surface area (TPSA) is 44.8 Å². The van der Waals surface area contributed by atoms with Gasteiger partial charge in [0.25, 0.3) is 0 Å². The molecule has 9 heteroatoms. The number of piperazine rings is 1. The van der Waals surface area contributed by atoms with Crippen molar-refractivity contribution in [2.45, 2.75) is 44.7 Å². The van der Waals surface area contributed by atoms with Crippen LogP contribution in [0.1, 0.15) is 44.1 Å². The lowest BCUT2D eigenvalue weighted by atomic mass is 9.79. The van der Waals surface area contributed by atoms with Gasteiger partial charge in [0, 0.05) is 51.9 Å². The molecule has 0 unspecified atom stereocenters. The number of halogens is 4. The fraction of sp³-hybridized carbons (Fsp3) is 0.708. The third-order valence-electron chi connectivity index (χ3n) is 6.83. The monoisotopic (exact) mass is 491 g/mol. The highest BCUT2D eigenvalue weighted by molar-refractivity contribution is 5.85. The highest BCUT2D eigenvalue weighted by Crippen LogP contribution is 2.33. The highest BCUT2D eigenvalue weighted by atomic mass is 35.5. The number of methoxy groups -OCH3 is 1. The molecule has 0 radical (unpaired) electrons. The van der Waals surface area contributed by atoms with Crippen LogP contribution in [0.15, 0.2) is 24.3 Å². The van der Waals surface area contributed by atoms with E-state index in [2.05, 4.69) is 15.1 Å². The molecule has 3 rings (SSSR count). The van der Waals surface area contributed by atoms with Crippen LogP contribution in [-0.2, 0) is 15.7 Å². The van der Waals surface area contributed by atoms with E-state index in [-0.39, 0.29) is 18.3 Å². The van der Waals surface area contributed by atoms with Crippen LogP contribution in [0.3, 0.4) is 0 Å². The average molecular weight is 492 g/mol. The molecule has 2 fully saturated rings. The van der Waals surface area contributed by atoms with Gasteiger partial charge in [0.05, 0.1) is 12.2 Å². The fourth-order valence-corrected chi connectivity index (χ4v) is 4.82. The molecule has 0 atom stereocenters. The van der Waals surface area contributed by atoms with Crippen LogP contribution in [0.2, 0.25) is 0 Å². The molecule has 1 aromatic carbocycles. The molecule has 1 aromatic rings. The van der Waals surface area contributed by atoms with Crippen molar-refractivity contribution in [2.24, 2.45) is 11.8 Å². The van der Waals surface area contributed by atoms with Crippen molar-refractivity contribution < 1.29 is 22.7 Å². The number of carbonyl (C=O) groups is 1. The molecule has 1 saturated heterocycles. The number of nitrogens with zero attached hydrogens (tertiary/aromatic N) is 2. The standard InChI is InChI=1S/C24H36F3N3O2.ClH/c1-32-16-10-28-23(31)17-20-7-5-19(6-8-20)9-11-29-12-14-30(15-13-29)22-4-2-3-21(18-22)24(25,26)27;/h2-4,18-20H,5-17H2,1H3,(H,28,31);1H. The Labute approximate surface area is 201 Å². The minimum Gasteiger partial charge on any atom is -0.383 e. The number of nitrogens with one attached hydrogen (secondary N) is 1. The Balaban J connectivity index is 0.00000385. The lowest BCUT2D eigenvalue weighted by Crippen LogP contribution is -2.47. The summed E-state index contributed by atoms with van der Waals surface area (Å²) in [5, 5.41) is 2.91. The summed E-state index contributed by atoms with van der Waals surface area (Å²) in [5.74, 6) is 1.33. The molecule has 1 aliphatic carbocycles. The molecule has 5 nitrogen and oxygen atoms in total. The lowest BCUT2D eigenvalue weighted by Gasteiger charge is -2.37. The summed E-state index contributed by atoms with van der Waals surface area (Å²) in [5.41, 5.74) is 0.0737. The van der Waals surface area contributed by atoms with Gasteiger partial charge in [-0.15, -0.1) is 12.4 Å². The fourth-order valence-electron chi connectivity index (χ4n) is 4.82. The Kier molecular flexibility index (Phi) is 11.3. The minimum absolute atomic E-state index is 0. The second kappa shape index (κ2) is 13.4. The van der Waals surface area contributed by atoms with Crippen LogP contribution in [0.4, 0.5) is 18.9 Å². The predicted molar refractivity (Wildman–Crippen MR) is 127 cm³/mol. The van der Waals surface area contributed by atoms with E-state index in [1.165, 1.54) is 25.0 Å². The average Bonchev–Trinajstić information content (AvgIpc) is 2.79. The van der Waals surface area contributed by atoms with Gasteiger partial charge in [-0.2, -0.15) is 13.2 Å². The molecule has 0 spiro atoms. The van der Waals surface area contributed by atoms with Crippen molar-refractivity contribution in [1.82, 2.24) is 10.2 Å². The number of ether oxygens (including phenoxy) is 1. The first kappa shape index (κ1) is 27.7. The molecule has 0 aromatic heterocycles. The van der Waals surface area contributed by atoms with Gasteiger partial charge in [-0.25, -0.2) is 0 Å². The molecule has 1 saturated carbocycles. The van der Waals surface area contributed by atoms with Gasteiger partial charge in [0.1, 0.15) is 0 Å². The first-order valence-electron chi connectivity index (χ1n) is 11.8. The third kappa shape index (κ3) is 8.98. The van der Waals surface area contributed by atoms with Crippen molar-refractivity contribution >= 4 is 24.0 Å². The second-order valence-corrected chi connectivity index (χ2v) is 9.10. The zero-order chi connectivity index (χ0) is 23.0.